The molecule has 3 aliphatic heterocycles. The van der Waals surface area contributed by atoms with Gasteiger partial charge in [-0.2, -0.15) is 0 Å². The lowest BCUT2D eigenvalue weighted by Gasteiger charge is -2.47. The molecule has 0 aromatic heterocycles. The van der Waals surface area contributed by atoms with Gasteiger partial charge in [0.25, 0.3) is 0 Å². The molecule has 3 fully saturated rings. The third-order valence-corrected chi connectivity index (χ3v) is 4.17. The average Bonchev–Trinajstić information content (AvgIpc) is 2.56. The van der Waals surface area contributed by atoms with Crippen LogP contribution in [0.4, 0.5) is 0 Å². The summed E-state index contributed by atoms with van der Waals surface area (Å²) < 4.78 is 29.3. The minimum absolute atomic E-state index is 0.124. The molecule has 0 saturated carbocycles. The Hall–Kier alpha value is 0.280. The summed E-state index contributed by atoms with van der Waals surface area (Å²) in [7, 11) is 0. The molecule has 6 heteroatoms. The number of alkyl halides is 1. The molecule has 0 radical (unpaired) electrons. The number of hydrogen-bond donors (Lipinski definition) is 0. The van der Waals surface area contributed by atoms with Crippen molar-refractivity contribution < 1.29 is 23.7 Å². The maximum Gasteiger partial charge on any atom is 0.164 e. The van der Waals surface area contributed by atoms with E-state index >= 15 is 0 Å². The van der Waals surface area contributed by atoms with Gasteiger partial charge in [-0.3, -0.25) is 0 Å². The summed E-state index contributed by atoms with van der Waals surface area (Å²) in [5.41, 5.74) is 0. The van der Waals surface area contributed by atoms with E-state index < -0.39 is 11.6 Å². The first-order valence-electron chi connectivity index (χ1n) is 6.24. The smallest absolute Gasteiger partial charge is 0.164 e. The molecule has 3 heterocycles. The first kappa shape index (κ1) is 13.3. The average molecular weight is 323 g/mol. The number of halogens is 1. The Labute approximate surface area is 115 Å². The maximum atomic E-state index is 5.97. The van der Waals surface area contributed by atoms with Crippen LogP contribution in [0.1, 0.15) is 27.7 Å². The summed E-state index contributed by atoms with van der Waals surface area (Å²) >= 11 is 3.50. The molecule has 3 aliphatic rings. The van der Waals surface area contributed by atoms with E-state index in [0.29, 0.717) is 6.61 Å². The zero-order chi connectivity index (χ0) is 13.1. The SMILES string of the molecule is CC1(C)OC[C@H]2OC(Br)[C@H]3OC(C)(C)O[C@H]3[C@@H]2O1. The van der Waals surface area contributed by atoms with Crippen molar-refractivity contribution in [3.8, 4) is 0 Å². The summed E-state index contributed by atoms with van der Waals surface area (Å²) in [6.45, 7) is 8.13. The molecule has 0 aromatic rings. The van der Waals surface area contributed by atoms with Gasteiger partial charge in [0.15, 0.2) is 11.6 Å². The highest BCUT2D eigenvalue weighted by Gasteiger charge is 2.57. The third-order valence-electron chi connectivity index (χ3n) is 3.43. The molecular weight excluding hydrogens is 304 g/mol. The van der Waals surface area contributed by atoms with Crippen molar-refractivity contribution in [2.75, 3.05) is 6.61 Å². The largest absolute Gasteiger partial charge is 0.356 e. The van der Waals surface area contributed by atoms with Gasteiger partial charge < -0.3 is 23.7 Å². The predicted octanol–water partition coefficient (Wildman–Crippen LogP) is 1.78. The van der Waals surface area contributed by atoms with Crippen LogP contribution in [-0.4, -0.2) is 47.6 Å². The van der Waals surface area contributed by atoms with Crippen LogP contribution < -0.4 is 0 Å². The highest BCUT2D eigenvalue weighted by Crippen LogP contribution is 2.43. The fourth-order valence-electron chi connectivity index (χ4n) is 2.73. The van der Waals surface area contributed by atoms with Gasteiger partial charge in [0, 0.05) is 0 Å². The van der Waals surface area contributed by atoms with Gasteiger partial charge in [0.1, 0.15) is 29.4 Å². The van der Waals surface area contributed by atoms with Crippen LogP contribution in [0.5, 0.6) is 0 Å². The standard InChI is InChI=1S/C12H19BrO5/c1-11(2)14-5-6-7(16-11)8-9(10(13)15-6)18-12(3,4)17-8/h6-10H,5H2,1-4H3/t6-,7-,8+,9+,10?/m1/s1. The van der Waals surface area contributed by atoms with Crippen LogP contribution >= 0.6 is 15.9 Å². The first-order chi connectivity index (χ1) is 8.27. The lowest BCUT2D eigenvalue weighted by atomic mass is 9.99. The summed E-state index contributed by atoms with van der Waals surface area (Å²) in [4.78, 5) is 0. The Kier molecular flexibility index (Phi) is 3.05. The molecule has 104 valence electrons. The highest BCUT2D eigenvalue weighted by atomic mass is 79.9. The number of rotatable bonds is 0. The van der Waals surface area contributed by atoms with Crippen molar-refractivity contribution in [2.45, 2.75) is 68.7 Å². The maximum absolute atomic E-state index is 5.97. The van der Waals surface area contributed by atoms with Gasteiger partial charge >= 0.3 is 0 Å². The van der Waals surface area contributed by atoms with Crippen LogP contribution in [0.15, 0.2) is 0 Å². The molecule has 5 atom stereocenters. The van der Waals surface area contributed by atoms with E-state index in [4.69, 9.17) is 23.7 Å². The minimum atomic E-state index is -0.607. The summed E-state index contributed by atoms with van der Waals surface area (Å²) in [5, 5.41) is -0.195. The Morgan fingerprint density at radius 2 is 1.50 bits per heavy atom. The second kappa shape index (κ2) is 4.14. The molecular formula is C12H19BrO5. The zero-order valence-corrected chi connectivity index (χ0v) is 12.6. The van der Waals surface area contributed by atoms with E-state index in [1.165, 1.54) is 0 Å². The van der Waals surface area contributed by atoms with Crippen LogP contribution in [0.2, 0.25) is 0 Å². The first-order valence-corrected chi connectivity index (χ1v) is 7.16. The number of hydrogen-bond acceptors (Lipinski definition) is 5. The highest BCUT2D eigenvalue weighted by molar-refractivity contribution is 9.09. The Morgan fingerprint density at radius 3 is 2.22 bits per heavy atom. The van der Waals surface area contributed by atoms with Crippen molar-refractivity contribution in [3.63, 3.8) is 0 Å². The summed E-state index contributed by atoms with van der Waals surface area (Å²) in [5.74, 6) is -1.21. The van der Waals surface area contributed by atoms with Crippen LogP contribution in [0.3, 0.4) is 0 Å². The van der Waals surface area contributed by atoms with E-state index in [0.717, 1.165) is 0 Å². The quantitative estimate of drug-likeness (QED) is 0.636. The Balaban J connectivity index is 1.84. The molecule has 3 saturated heterocycles. The second-order valence-electron chi connectivity index (χ2n) is 5.88. The fourth-order valence-corrected chi connectivity index (χ4v) is 3.41. The molecule has 0 N–H and O–H groups in total. The van der Waals surface area contributed by atoms with Crippen LogP contribution in [0.25, 0.3) is 0 Å². The van der Waals surface area contributed by atoms with Crippen molar-refractivity contribution in [1.82, 2.24) is 0 Å². The monoisotopic (exact) mass is 322 g/mol. The van der Waals surface area contributed by atoms with E-state index in [1.807, 2.05) is 27.7 Å². The molecule has 1 unspecified atom stereocenters. The summed E-state index contributed by atoms with van der Waals surface area (Å²) in [6.07, 6.45) is -0.572. The van der Waals surface area contributed by atoms with Gasteiger partial charge in [0.05, 0.1) is 6.61 Å². The van der Waals surface area contributed by atoms with Gasteiger partial charge in [0.2, 0.25) is 0 Å². The molecule has 5 nitrogen and oxygen atoms in total. The molecule has 0 bridgehead atoms. The van der Waals surface area contributed by atoms with E-state index in [2.05, 4.69) is 15.9 Å². The Morgan fingerprint density at radius 1 is 0.889 bits per heavy atom. The van der Waals surface area contributed by atoms with Crippen LogP contribution in [-0.2, 0) is 23.7 Å². The zero-order valence-electron chi connectivity index (χ0n) is 11.0. The van der Waals surface area contributed by atoms with E-state index in [-0.39, 0.29) is 29.4 Å². The fraction of sp³-hybridized carbons (Fsp3) is 1.00. The van der Waals surface area contributed by atoms with Gasteiger partial charge in [-0.05, 0) is 27.7 Å². The van der Waals surface area contributed by atoms with Gasteiger partial charge in [-0.15, -0.1) is 0 Å². The van der Waals surface area contributed by atoms with E-state index in [1.54, 1.807) is 0 Å². The van der Waals surface area contributed by atoms with Crippen molar-refractivity contribution in [2.24, 2.45) is 0 Å². The lowest BCUT2D eigenvalue weighted by Crippen LogP contribution is -2.62. The van der Waals surface area contributed by atoms with Crippen molar-refractivity contribution in [1.29, 1.82) is 0 Å². The topological polar surface area (TPSA) is 46.2 Å². The normalized spacial score (nSPS) is 49.5. The van der Waals surface area contributed by atoms with E-state index in [9.17, 15) is 0 Å². The molecule has 0 aliphatic carbocycles. The van der Waals surface area contributed by atoms with Crippen LogP contribution in [0, 0.1) is 0 Å². The molecule has 0 spiro atoms. The number of fused-ring (bicyclic) bond motifs is 3. The predicted molar refractivity (Wildman–Crippen MR) is 66.3 cm³/mol. The molecule has 3 rings (SSSR count). The lowest BCUT2D eigenvalue weighted by molar-refractivity contribution is -0.341. The molecule has 0 amide bonds. The van der Waals surface area contributed by atoms with Crippen molar-refractivity contribution >= 4 is 15.9 Å². The summed E-state index contributed by atoms with van der Waals surface area (Å²) in [6, 6.07) is 0. The third kappa shape index (κ3) is 2.23. The second-order valence-corrected chi connectivity index (χ2v) is 6.79. The Bertz CT molecular complexity index is 345. The molecule has 0 aromatic carbocycles. The van der Waals surface area contributed by atoms with Gasteiger partial charge in [-0.1, -0.05) is 15.9 Å². The number of ether oxygens (including phenoxy) is 5. The van der Waals surface area contributed by atoms with Gasteiger partial charge in [-0.25, -0.2) is 0 Å². The molecule has 18 heavy (non-hydrogen) atoms. The van der Waals surface area contributed by atoms with Crippen molar-refractivity contribution in [3.05, 3.63) is 0 Å². The minimum Gasteiger partial charge on any atom is -0.356 e.